The third kappa shape index (κ3) is 2.63. The van der Waals surface area contributed by atoms with Crippen molar-refractivity contribution >= 4 is 33.9 Å². The van der Waals surface area contributed by atoms with E-state index >= 15 is 0 Å². The van der Waals surface area contributed by atoms with E-state index in [4.69, 9.17) is 18.0 Å². The molecule has 104 valence electrons. The van der Waals surface area contributed by atoms with E-state index in [1.165, 1.54) is 0 Å². The lowest BCUT2D eigenvalue weighted by molar-refractivity contribution is 0.0923. The number of aromatic nitrogens is 1. The van der Waals surface area contributed by atoms with Gasteiger partial charge in [-0.1, -0.05) is 43.4 Å². The highest BCUT2D eigenvalue weighted by Crippen LogP contribution is 2.18. The fourth-order valence-electron chi connectivity index (χ4n) is 1.93. The summed E-state index contributed by atoms with van der Waals surface area (Å²) < 4.78 is 0. The molecule has 0 bridgehead atoms. The van der Waals surface area contributed by atoms with Gasteiger partial charge in [0.15, 0.2) is 0 Å². The number of hydrogen-bond acceptors (Lipinski definition) is 3. The summed E-state index contributed by atoms with van der Waals surface area (Å²) in [7, 11) is 0. The van der Waals surface area contributed by atoms with Crippen LogP contribution < -0.4 is 11.1 Å². The van der Waals surface area contributed by atoms with E-state index < -0.39 is 5.54 Å². The second-order valence-electron chi connectivity index (χ2n) is 4.88. The number of nitrogens with one attached hydrogen (secondary N) is 1. The van der Waals surface area contributed by atoms with E-state index in [0.29, 0.717) is 12.1 Å². The Morgan fingerprint density at radius 1 is 1.40 bits per heavy atom. The van der Waals surface area contributed by atoms with Gasteiger partial charge in [-0.25, -0.2) is 0 Å². The van der Waals surface area contributed by atoms with E-state index in [0.717, 1.165) is 10.8 Å². The molecule has 1 unspecified atom stereocenters. The van der Waals surface area contributed by atoms with Crippen LogP contribution in [0, 0.1) is 0 Å². The van der Waals surface area contributed by atoms with Crippen molar-refractivity contribution in [2.24, 2.45) is 5.73 Å². The van der Waals surface area contributed by atoms with Crippen molar-refractivity contribution in [3.63, 3.8) is 0 Å². The summed E-state index contributed by atoms with van der Waals surface area (Å²) in [4.78, 5) is 16.9. The molecule has 5 heteroatoms. The van der Waals surface area contributed by atoms with Crippen LogP contribution in [0.4, 0.5) is 0 Å². The number of hydrogen-bond donors (Lipinski definition) is 2. The summed E-state index contributed by atoms with van der Waals surface area (Å²) in [5, 5.41) is 4.67. The number of amides is 1. The van der Waals surface area contributed by atoms with Crippen LogP contribution >= 0.6 is 12.2 Å². The molecule has 0 saturated carbocycles. The van der Waals surface area contributed by atoms with Crippen LogP contribution in [-0.2, 0) is 0 Å². The Kier molecular flexibility index (Phi) is 3.99. The molecule has 20 heavy (non-hydrogen) atoms. The van der Waals surface area contributed by atoms with Gasteiger partial charge >= 0.3 is 0 Å². The molecule has 1 heterocycles. The smallest absolute Gasteiger partial charge is 0.271 e. The average molecular weight is 287 g/mol. The highest BCUT2D eigenvalue weighted by Gasteiger charge is 2.28. The molecule has 3 N–H and O–H groups in total. The Labute approximate surface area is 123 Å². The lowest BCUT2D eigenvalue weighted by atomic mass is 9.98. The van der Waals surface area contributed by atoms with Crippen LogP contribution in [0.3, 0.4) is 0 Å². The summed E-state index contributed by atoms with van der Waals surface area (Å²) >= 11 is 5.04. The van der Waals surface area contributed by atoms with Gasteiger partial charge in [-0.05, 0) is 24.8 Å². The van der Waals surface area contributed by atoms with Gasteiger partial charge in [-0.3, -0.25) is 9.78 Å². The Bertz CT molecular complexity index is 666. The van der Waals surface area contributed by atoms with E-state index in [1.54, 1.807) is 6.20 Å². The number of nitrogens with two attached hydrogens (primary N) is 1. The van der Waals surface area contributed by atoms with Gasteiger partial charge in [0, 0.05) is 11.6 Å². The van der Waals surface area contributed by atoms with E-state index in [9.17, 15) is 4.79 Å². The van der Waals surface area contributed by atoms with Crippen LogP contribution in [0.2, 0.25) is 0 Å². The zero-order valence-corrected chi connectivity index (χ0v) is 12.3. The number of fused-ring (bicyclic) bond motifs is 1. The second kappa shape index (κ2) is 5.54. The number of nitrogens with zero attached hydrogens (tertiary/aromatic N) is 1. The molecule has 2 aromatic rings. The summed E-state index contributed by atoms with van der Waals surface area (Å²) in [6.45, 7) is 3.74. The van der Waals surface area contributed by atoms with Gasteiger partial charge in [0.05, 0.1) is 10.5 Å². The zero-order valence-electron chi connectivity index (χ0n) is 11.5. The molecule has 0 aliphatic heterocycles. The molecule has 1 atom stereocenters. The molecule has 2 rings (SSSR count). The van der Waals surface area contributed by atoms with Gasteiger partial charge in [0.25, 0.3) is 5.91 Å². The molecule has 0 fully saturated rings. The zero-order chi connectivity index (χ0) is 14.8. The second-order valence-corrected chi connectivity index (χ2v) is 5.32. The fraction of sp³-hybridized carbons (Fsp3) is 0.267. The summed E-state index contributed by atoms with van der Waals surface area (Å²) in [5.41, 5.74) is 5.40. The number of thiocarbonyl (C=S) groups is 1. The Morgan fingerprint density at radius 2 is 2.10 bits per heavy atom. The van der Waals surface area contributed by atoms with Gasteiger partial charge < -0.3 is 11.1 Å². The van der Waals surface area contributed by atoms with Crippen molar-refractivity contribution in [2.75, 3.05) is 0 Å². The van der Waals surface area contributed by atoms with Gasteiger partial charge in [0.2, 0.25) is 0 Å². The average Bonchev–Trinajstić information content (AvgIpc) is 2.46. The van der Waals surface area contributed by atoms with Crippen molar-refractivity contribution in [1.29, 1.82) is 0 Å². The van der Waals surface area contributed by atoms with Crippen LogP contribution in [0.1, 0.15) is 30.8 Å². The third-order valence-corrected chi connectivity index (χ3v) is 3.98. The predicted molar refractivity (Wildman–Crippen MR) is 84.7 cm³/mol. The molecular weight excluding hydrogens is 270 g/mol. The Hall–Kier alpha value is -2.01. The van der Waals surface area contributed by atoms with Crippen molar-refractivity contribution in [1.82, 2.24) is 10.3 Å². The molecule has 1 aromatic heterocycles. The number of carbonyl (C=O) groups is 1. The lowest BCUT2D eigenvalue weighted by Crippen LogP contribution is -2.54. The highest BCUT2D eigenvalue weighted by molar-refractivity contribution is 7.80. The summed E-state index contributed by atoms with van der Waals surface area (Å²) in [6, 6.07) is 9.50. The van der Waals surface area contributed by atoms with E-state index in [2.05, 4.69) is 10.3 Å². The molecule has 0 aliphatic carbocycles. The molecule has 1 aromatic carbocycles. The Morgan fingerprint density at radius 3 is 2.75 bits per heavy atom. The Balaban J connectivity index is 2.40. The third-order valence-electron chi connectivity index (χ3n) is 3.53. The lowest BCUT2D eigenvalue weighted by Gasteiger charge is -2.28. The molecule has 4 nitrogen and oxygen atoms in total. The quantitative estimate of drug-likeness (QED) is 0.847. The monoisotopic (exact) mass is 287 g/mol. The first-order valence-electron chi connectivity index (χ1n) is 6.44. The number of carbonyl (C=O) groups excluding carboxylic acids is 1. The SMILES string of the molecule is CCC(C)(NC(=O)c1nccc2ccccc12)C(N)=S. The van der Waals surface area contributed by atoms with E-state index in [1.807, 2.05) is 44.2 Å². The van der Waals surface area contributed by atoms with Gasteiger partial charge in [-0.2, -0.15) is 0 Å². The first-order chi connectivity index (χ1) is 9.48. The maximum absolute atomic E-state index is 12.4. The van der Waals surface area contributed by atoms with Crippen LogP contribution in [-0.4, -0.2) is 21.4 Å². The topological polar surface area (TPSA) is 68.0 Å². The summed E-state index contributed by atoms with van der Waals surface area (Å²) in [6.07, 6.45) is 2.25. The largest absolute Gasteiger partial charge is 0.391 e. The molecule has 1 amide bonds. The maximum Gasteiger partial charge on any atom is 0.271 e. The van der Waals surface area contributed by atoms with Crippen LogP contribution in [0.5, 0.6) is 0 Å². The molecule has 0 aliphatic rings. The number of pyridine rings is 1. The summed E-state index contributed by atoms with van der Waals surface area (Å²) in [5.74, 6) is -0.265. The minimum atomic E-state index is -0.703. The molecule has 0 spiro atoms. The van der Waals surface area contributed by atoms with Crippen LogP contribution in [0.15, 0.2) is 36.5 Å². The van der Waals surface area contributed by atoms with Crippen molar-refractivity contribution in [3.05, 3.63) is 42.2 Å². The van der Waals surface area contributed by atoms with Crippen LogP contribution in [0.25, 0.3) is 10.8 Å². The first kappa shape index (κ1) is 14.4. The first-order valence-corrected chi connectivity index (χ1v) is 6.85. The number of benzene rings is 1. The van der Waals surface area contributed by atoms with Crippen molar-refractivity contribution < 1.29 is 4.79 Å². The minimum absolute atomic E-state index is 0.265. The molecular formula is C15H17N3OS. The van der Waals surface area contributed by atoms with Crippen molar-refractivity contribution in [2.45, 2.75) is 25.8 Å². The van der Waals surface area contributed by atoms with E-state index in [-0.39, 0.29) is 10.9 Å². The van der Waals surface area contributed by atoms with Gasteiger partial charge in [-0.15, -0.1) is 0 Å². The normalized spacial score (nSPS) is 13.7. The van der Waals surface area contributed by atoms with Crippen molar-refractivity contribution in [3.8, 4) is 0 Å². The molecule has 0 radical (unpaired) electrons. The predicted octanol–water partition coefficient (Wildman–Crippen LogP) is 2.42. The minimum Gasteiger partial charge on any atom is -0.391 e. The van der Waals surface area contributed by atoms with Gasteiger partial charge in [0.1, 0.15) is 5.69 Å². The highest BCUT2D eigenvalue weighted by atomic mass is 32.1. The fourth-order valence-corrected chi connectivity index (χ4v) is 2.13. The number of rotatable bonds is 4. The standard InChI is InChI=1S/C15H17N3OS/c1-3-15(2,14(16)20)18-13(19)12-11-7-5-4-6-10(11)8-9-17-12/h4-9H,3H2,1-2H3,(H2,16,20)(H,18,19). The molecule has 0 saturated heterocycles. The maximum atomic E-state index is 12.4.